The second-order valence-corrected chi connectivity index (χ2v) is 2.93. The van der Waals surface area contributed by atoms with Crippen LogP contribution in [-0.4, -0.2) is 18.3 Å². The number of benzene rings is 1. The fourth-order valence-corrected chi connectivity index (χ4v) is 1.11. The summed E-state index contributed by atoms with van der Waals surface area (Å²) in [4.78, 5) is 0. The average Bonchev–Trinajstić information content (AvgIpc) is 2.19. The van der Waals surface area contributed by atoms with E-state index < -0.39 is 18.2 Å². The minimum absolute atomic E-state index is 0.0793. The highest BCUT2D eigenvalue weighted by Gasteiger charge is 2.16. The Morgan fingerprint density at radius 2 is 2.13 bits per heavy atom. The van der Waals surface area contributed by atoms with E-state index in [1.807, 2.05) is 0 Å². The summed E-state index contributed by atoms with van der Waals surface area (Å²) in [5.74, 6) is -1.05. The zero-order valence-electron chi connectivity index (χ0n) is 8.01. The van der Waals surface area contributed by atoms with Crippen molar-refractivity contribution in [3.05, 3.63) is 35.5 Å². The summed E-state index contributed by atoms with van der Waals surface area (Å²) in [5, 5.41) is 8.79. The lowest BCUT2D eigenvalue weighted by molar-refractivity contribution is -0.0522. The van der Waals surface area contributed by atoms with Crippen LogP contribution in [0.1, 0.15) is 12.5 Å². The molecule has 15 heavy (non-hydrogen) atoms. The van der Waals surface area contributed by atoms with Crippen molar-refractivity contribution in [3.63, 3.8) is 0 Å². The van der Waals surface area contributed by atoms with Crippen LogP contribution in [0.15, 0.2) is 18.2 Å². The molecule has 0 bridgehead atoms. The summed E-state index contributed by atoms with van der Waals surface area (Å²) >= 11 is 0. The molecule has 5 heteroatoms. The molecule has 2 nitrogen and oxygen atoms in total. The standard InChI is InChI=1S/C10H10F3O2/c1-6(5-14)7-3-2-4-8(9(7)11)15-10(12)13/h2-4,10,14H,5H2,1H3. The highest BCUT2D eigenvalue weighted by Crippen LogP contribution is 2.26. The molecule has 0 atom stereocenters. The van der Waals surface area contributed by atoms with Gasteiger partial charge in [-0.05, 0) is 6.07 Å². The van der Waals surface area contributed by atoms with Crippen molar-refractivity contribution >= 4 is 0 Å². The molecule has 0 amide bonds. The third-order valence-electron chi connectivity index (χ3n) is 1.88. The number of alkyl halides is 2. The molecule has 0 unspecified atom stereocenters. The van der Waals surface area contributed by atoms with Gasteiger partial charge in [-0.25, -0.2) is 4.39 Å². The monoisotopic (exact) mass is 219 g/mol. The van der Waals surface area contributed by atoms with Gasteiger partial charge in [0.05, 0.1) is 6.61 Å². The van der Waals surface area contributed by atoms with Crippen molar-refractivity contribution in [3.8, 4) is 5.75 Å². The highest BCUT2D eigenvalue weighted by atomic mass is 19.3. The van der Waals surface area contributed by atoms with Crippen molar-refractivity contribution in [2.45, 2.75) is 13.5 Å². The van der Waals surface area contributed by atoms with Crippen molar-refractivity contribution < 1.29 is 23.0 Å². The van der Waals surface area contributed by atoms with E-state index in [1.54, 1.807) is 0 Å². The van der Waals surface area contributed by atoms with Gasteiger partial charge in [-0.2, -0.15) is 8.78 Å². The van der Waals surface area contributed by atoms with Crippen LogP contribution in [-0.2, 0) is 0 Å². The van der Waals surface area contributed by atoms with Gasteiger partial charge in [0.15, 0.2) is 11.6 Å². The molecule has 0 saturated heterocycles. The van der Waals surface area contributed by atoms with Gasteiger partial charge in [0.1, 0.15) is 0 Å². The summed E-state index contributed by atoms with van der Waals surface area (Å²) in [6.07, 6.45) is 0. The van der Waals surface area contributed by atoms with Crippen LogP contribution in [0.3, 0.4) is 0 Å². The Balaban J connectivity index is 3.00. The predicted octanol–water partition coefficient (Wildman–Crippen LogP) is 2.36. The second-order valence-electron chi connectivity index (χ2n) is 2.93. The molecule has 1 aromatic rings. The molecule has 0 heterocycles. The van der Waals surface area contributed by atoms with E-state index in [0.717, 1.165) is 6.07 Å². The molecule has 1 N–H and O–H groups in total. The van der Waals surface area contributed by atoms with Crippen LogP contribution >= 0.6 is 0 Å². The van der Waals surface area contributed by atoms with E-state index in [4.69, 9.17) is 5.11 Å². The average molecular weight is 219 g/mol. The van der Waals surface area contributed by atoms with Crippen LogP contribution in [0.4, 0.5) is 13.2 Å². The number of hydrogen-bond acceptors (Lipinski definition) is 2. The summed E-state index contributed by atoms with van der Waals surface area (Å²) < 4.78 is 41.2. The van der Waals surface area contributed by atoms with Gasteiger partial charge >= 0.3 is 6.61 Å². The van der Waals surface area contributed by atoms with E-state index >= 15 is 0 Å². The normalized spacial score (nSPS) is 11.1. The van der Waals surface area contributed by atoms with E-state index in [1.165, 1.54) is 19.1 Å². The number of aliphatic hydroxyl groups is 1. The van der Waals surface area contributed by atoms with Gasteiger partial charge in [0.2, 0.25) is 0 Å². The highest BCUT2D eigenvalue weighted by molar-refractivity contribution is 5.38. The Kier molecular flexibility index (Phi) is 3.96. The molecule has 0 aliphatic carbocycles. The van der Waals surface area contributed by atoms with Crippen molar-refractivity contribution in [2.24, 2.45) is 0 Å². The summed E-state index contributed by atoms with van der Waals surface area (Å²) in [6.45, 7) is -1.90. The molecule has 83 valence electrons. The molecule has 0 saturated carbocycles. The third-order valence-corrected chi connectivity index (χ3v) is 1.88. The third kappa shape index (κ3) is 2.86. The molecule has 1 radical (unpaired) electrons. The van der Waals surface area contributed by atoms with Crippen molar-refractivity contribution in [1.29, 1.82) is 0 Å². The second kappa shape index (κ2) is 5.02. The molecule has 0 aromatic heterocycles. The Morgan fingerprint density at radius 3 is 2.67 bits per heavy atom. The number of rotatable bonds is 4. The first kappa shape index (κ1) is 11.8. The molecule has 1 aromatic carbocycles. The summed E-state index contributed by atoms with van der Waals surface area (Å²) in [6, 6.07) is 3.88. The van der Waals surface area contributed by atoms with Crippen LogP contribution < -0.4 is 4.74 Å². The van der Waals surface area contributed by atoms with Crippen molar-refractivity contribution in [1.82, 2.24) is 0 Å². The summed E-state index contributed by atoms with van der Waals surface area (Å²) in [5.41, 5.74) is 0.0793. The molecular formula is C10H10F3O2. The van der Waals surface area contributed by atoms with E-state index in [9.17, 15) is 13.2 Å². The Bertz CT molecular complexity index is 328. The number of hydrogen-bond donors (Lipinski definition) is 1. The maximum atomic E-state index is 13.5. The van der Waals surface area contributed by atoms with Crippen LogP contribution in [0.2, 0.25) is 0 Å². The lowest BCUT2D eigenvalue weighted by Gasteiger charge is -2.12. The van der Waals surface area contributed by atoms with Gasteiger partial charge in [0.25, 0.3) is 0 Å². The van der Waals surface area contributed by atoms with Crippen molar-refractivity contribution in [2.75, 3.05) is 6.61 Å². The molecule has 0 spiro atoms. The lowest BCUT2D eigenvalue weighted by atomic mass is 10.0. The maximum Gasteiger partial charge on any atom is 0.387 e. The molecule has 1 rings (SSSR count). The van der Waals surface area contributed by atoms with Crippen LogP contribution in [0.5, 0.6) is 5.75 Å². The minimum atomic E-state index is -3.07. The Hall–Kier alpha value is -1.23. The summed E-state index contributed by atoms with van der Waals surface area (Å²) in [7, 11) is 0. The molecule has 0 aliphatic rings. The fourth-order valence-electron chi connectivity index (χ4n) is 1.11. The quantitative estimate of drug-likeness (QED) is 0.842. The Morgan fingerprint density at radius 1 is 1.47 bits per heavy atom. The van der Waals surface area contributed by atoms with Gasteiger partial charge in [-0.1, -0.05) is 19.1 Å². The first-order valence-corrected chi connectivity index (χ1v) is 4.23. The first-order valence-electron chi connectivity index (χ1n) is 4.23. The largest absolute Gasteiger partial charge is 0.432 e. The lowest BCUT2D eigenvalue weighted by Crippen LogP contribution is -2.08. The maximum absolute atomic E-state index is 13.5. The van der Waals surface area contributed by atoms with Gasteiger partial charge in [0, 0.05) is 11.5 Å². The van der Waals surface area contributed by atoms with Gasteiger partial charge in [-0.3, -0.25) is 0 Å². The number of ether oxygens (including phenoxy) is 1. The van der Waals surface area contributed by atoms with E-state index in [0.29, 0.717) is 5.92 Å². The van der Waals surface area contributed by atoms with Crippen LogP contribution in [0, 0.1) is 11.7 Å². The zero-order chi connectivity index (χ0) is 11.4. The Labute approximate surface area is 85.3 Å². The topological polar surface area (TPSA) is 29.5 Å². The molecule has 0 aliphatic heterocycles. The van der Waals surface area contributed by atoms with Gasteiger partial charge in [-0.15, -0.1) is 0 Å². The number of aliphatic hydroxyl groups excluding tert-OH is 1. The fraction of sp³-hybridized carbons (Fsp3) is 0.300. The molecule has 0 fully saturated rings. The van der Waals surface area contributed by atoms with Gasteiger partial charge < -0.3 is 9.84 Å². The first-order chi connectivity index (χ1) is 7.06. The smallest absolute Gasteiger partial charge is 0.387 e. The molecular weight excluding hydrogens is 209 g/mol. The zero-order valence-corrected chi connectivity index (χ0v) is 8.01. The van der Waals surface area contributed by atoms with E-state index in [2.05, 4.69) is 4.74 Å². The van der Waals surface area contributed by atoms with Crippen LogP contribution in [0.25, 0.3) is 0 Å². The SMILES string of the molecule is C[C](CO)c1cccc(OC(F)F)c1F. The van der Waals surface area contributed by atoms with E-state index in [-0.39, 0.29) is 12.2 Å². The minimum Gasteiger partial charge on any atom is -0.432 e. The number of halogens is 3. The predicted molar refractivity (Wildman–Crippen MR) is 48.1 cm³/mol.